The third kappa shape index (κ3) is 3.02. The van der Waals surface area contributed by atoms with Gasteiger partial charge in [-0.3, -0.25) is 4.79 Å². The number of hydrogen-bond donors (Lipinski definition) is 0. The number of ether oxygens (including phenoxy) is 1. The SMILES string of the molecule is COc1cc(C(=O)N(C)Cc2ccc(C)o2)ccc1C. The summed E-state index contributed by atoms with van der Waals surface area (Å²) < 4.78 is 10.7. The molecule has 2 rings (SSSR count). The summed E-state index contributed by atoms with van der Waals surface area (Å²) in [7, 11) is 3.36. The highest BCUT2D eigenvalue weighted by atomic mass is 16.5. The smallest absolute Gasteiger partial charge is 0.254 e. The number of benzene rings is 1. The van der Waals surface area contributed by atoms with Crippen LogP contribution in [0.25, 0.3) is 0 Å². The third-order valence-electron chi connectivity index (χ3n) is 3.19. The van der Waals surface area contributed by atoms with Crippen molar-refractivity contribution in [3.63, 3.8) is 0 Å². The van der Waals surface area contributed by atoms with Crippen LogP contribution < -0.4 is 4.74 Å². The Morgan fingerprint density at radius 1 is 1.25 bits per heavy atom. The predicted molar refractivity (Wildman–Crippen MR) is 77.0 cm³/mol. The van der Waals surface area contributed by atoms with Gasteiger partial charge in [-0.15, -0.1) is 0 Å². The Balaban J connectivity index is 2.14. The maximum absolute atomic E-state index is 12.4. The van der Waals surface area contributed by atoms with Gasteiger partial charge in [-0.2, -0.15) is 0 Å². The fourth-order valence-corrected chi connectivity index (χ4v) is 2.05. The molecule has 1 aromatic heterocycles. The molecule has 0 aliphatic heterocycles. The van der Waals surface area contributed by atoms with Crippen LogP contribution in [0.15, 0.2) is 34.7 Å². The Kier molecular flexibility index (Phi) is 4.13. The summed E-state index contributed by atoms with van der Waals surface area (Å²) in [6.07, 6.45) is 0. The number of amides is 1. The lowest BCUT2D eigenvalue weighted by Crippen LogP contribution is -2.26. The molecule has 0 radical (unpaired) electrons. The Hall–Kier alpha value is -2.23. The lowest BCUT2D eigenvalue weighted by atomic mass is 10.1. The second-order valence-electron chi connectivity index (χ2n) is 4.86. The van der Waals surface area contributed by atoms with Gasteiger partial charge in [0.15, 0.2) is 0 Å². The molecule has 0 fully saturated rings. The molecule has 20 heavy (non-hydrogen) atoms. The van der Waals surface area contributed by atoms with Crippen LogP contribution in [0, 0.1) is 13.8 Å². The topological polar surface area (TPSA) is 42.7 Å². The van der Waals surface area contributed by atoms with E-state index in [1.54, 1.807) is 25.1 Å². The number of carbonyl (C=O) groups is 1. The molecule has 0 saturated carbocycles. The van der Waals surface area contributed by atoms with Gasteiger partial charge in [-0.1, -0.05) is 6.07 Å². The zero-order valence-electron chi connectivity index (χ0n) is 12.3. The zero-order chi connectivity index (χ0) is 14.7. The van der Waals surface area contributed by atoms with Crippen molar-refractivity contribution in [1.29, 1.82) is 0 Å². The van der Waals surface area contributed by atoms with Crippen molar-refractivity contribution in [2.45, 2.75) is 20.4 Å². The van der Waals surface area contributed by atoms with E-state index in [1.165, 1.54) is 0 Å². The van der Waals surface area contributed by atoms with Gasteiger partial charge in [0, 0.05) is 12.6 Å². The van der Waals surface area contributed by atoms with Crippen LogP contribution in [0.4, 0.5) is 0 Å². The van der Waals surface area contributed by atoms with E-state index in [4.69, 9.17) is 9.15 Å². The lowest BCUT2D eigenvalue weighted by molar-refractivity contribution is 0.0774. The zero-order valence-corrected chi connectivity index (χ0v) is 12.3. The summed E-state index contributed by atoms with van der Waals surface area (Å²) in [6.45, 7) is 4.28. The molecule has 1 heterocycles. The number of methoxy groups -OCH3 is 1. The lowest BCUT2D eigenvalue weighted by Gasteiger charge is -2.16. The van der Waals surface area contributed by atoms with Crippen LogP contribution in [0.2, 0.25) is 0 Å². The van der Waals surface area contributed by atoms with E-state index in [1.807, 2.05) is 38.1 Å². The van der Waals surface area contributed by atoms with Crippen LogP contribution in [-0.4, -0.2) is 25.0 Å². The van der Waals surface area contributed by atoms with E-state index in [9.17, 15) is 4.79 Å². The van der Waals surface area contributed by atoms with Gasteiger partial charge in [0.1, 0.15) is 17.3 Å². The summed E-state index contributed by atoms with van der Waals surface area (Å²) in [6, 6.07) is 9.24. The molecule has 2 aromatic rings. The summed E-state index contributed by atoms with van der Waals surface area (Å²) in [5.74, 6) is 2.28. The monoisotopic (exact) mass is 273 g/mol. The number of rotatable bonds is 4. The van der Waals surface area contributed by atoms with Gasteiger partial charge in [0.2, 0.25) is 0 Å². The molecule has 0 spiro atoms. The summed E-state index contributed by atoms with van der Waals surface area (Å²) in [5, 5.41) is 0. The molecule has 0 aliphatic carbocycles. The second kappa shape index (κ2) is 5.82. The van der Waals surface area contributed by atoms with Crippen LogP contribution in [0.5, 0.6) is 5.75 Å². The van der Waals surface area contributed by atoms with Gasteiger partial charge in [0.05, 0.1) is 13.7 Å². The first-order chi connectivity index (χ1) is 9.51. The van der Waals surface area contributed by atoms with E-state index < -0.39 is 0 Å². The van der Waals surface area contributed by atoms with Crippen molar-refractivity contribution < 1.29 is 13.9 Å². The van der Waals surface area contributed by atoms with E-state index in [0.717, 1.165) is 22.8 Å². The van der Waals surface area contributed by atoms with Gasteiger partial charge in [-0.05, 0) is 43.7 Å². The average molecular weight is 273 g/mol. The molecule has 106 valence electrons. The molecule has 0 N–H and O–H groups in total. The minimum atomic E-state index is -0.0580. The highest BCUT2D eigenvalue weighted by Crippen LogP contribution is 2.20. The van der Waals surface area contributed by atoms with E-state index >= 15 is 0 Å². The molecule has 0 saturated heterocycles. The molecule has 4 heteroatoms. The van der Waals surface area contributed by atoms with Crippen LogP contribution >= 0.6 is 0 Å². The Labute approximate surface area is 119 Å². The van der Waals surface area contributed by atoms with E-state index in [2.05, 4.69) is 0 Å². The van der Waals surface area contributed by atoms with E-state index in [-0.39, 0.29) is 5.91 Å². The Morgan fingerprint density at radius 2 is 2.00 bits per heavy atom. The van der Waals surface area contributed by atoms with Gasteiger partial charge in [-0.25, -0.2) is 0 Å². The van der Waals surface area contributed by atoms with Crippen molar-refractivity contribution in [1.82, 2.24) is 4.90 Å². The fourth-order valence-electron chi connectivity index (χ4n) is 2.05. The van der Waals surface area contributed by atoms with Crippen molar-refractivity contribution >= 4 is 5.91 Å². The highest BCUT2D eigenvalue weighted by molar-refractivity contribution is 5.94. The largest absolute Gasteiger partial charge is 0.496 e. The molecular weight excluding hydrogens is 254 g/mol. The number of hydrogen-bond acceptors (Lipinski definition) is 3. The van der Waals surface area contributed by atoms with Gasteiger partial charge < -0.3 is 14.1 Å². The number of aryl methyl sites for hydroxylation is 2. The maximum Gasteiger partial charge on any atom is 0.254 e. The highest BCUT2D eigenvalue weighted by Gasteiger charge is 2.15. The minimum absolute atomic E-state index is 0.0580. The Bertz CT molecular complexity index is 616. The maximum atomic E-state index is 12.4. The first kappa shape index (κ1) is 14.2. The molecule has 0 bridgehead atoms. The van der Waals surface area contributed by atoms with Crippen LogP contribution in [0.1, 0.15) is 27.4 Å². The second-order valence-corrected chi connectivity index (χ2v) is 4.86. The van der Waals surface area contributed by atoms with Crippen molar-refractivity contribution in [2.75, 3.05) is 14.2 Å². The average Bonchev–Trinajstić information content (AvgIpc) is 2.83. The third-order valence-corrected chi connectivity index (χ3v) is 3.19. The van der Waals surface area contributed by atoms with Crippen LogP contribution in [-0.2, 0) is 6.54 Å². The predicted octanol–water partition coefficient (Wildman–Crippen LogP) is 3.18. The Morgan fingerprint density at radius 3 is 2.60 bits per heavy atom. The summed E-state index contributed by atoms with van der Waals surface area (Å²) in [4.78, 5) is 14.0. The molecular formula is C16H19NO3. The molecule has 0 atom stereocenters. The van der Waals surface area contributed by atoms with Crippen molar-refractivity contribution in [3.8, 4) is 5.75 Å². The number of furan rings is 1. The first-order valence-corrected chi connectivity index (χ1v) is 6.46. The molecule has 4 nitrogen and oxygen atoms in total. The number of carbonyl (C=O) groups excluding carboxylic acids is 1. The van der Waals surface area contributed by atoms with Gasteiger partial charge in [0.25, 0.3) is 5.91 Å². The standard InChI is InChI=1S/C16H19NO3/c1-11-5-7-13(9-15(11)19-4)16(18)17(3)10-14-8-6-12(2)20-14/h5-9H,10H2,1-4H3. The van der Waals surface area contributed by atoms with Crippen LogP contribution in [0.3, 0.4) is 0 Å². The van der Waals surface area contributed by atoms with Crippen molar-refractivity contribution in [3.05, 3.63) is 53.0 Å². The first-order valence-electron chi connectivity index (χ1n) is 6.46. The summed E-state index contributed by atoms with van der Waals surface area (Å²) in [5.41, 5.74) is 1.62. The molecule has 0 unspecified atom stereocenters. The van der Waals surface area contributed by atoms with E-state index in [0.29, 0.717) is 12.1 Å². The fraction of sp³-hybridized carbons (Fsp3) is 0.312. The molecule has 1 amide bonds. The minimum Gasteiger partial charge on any atom is -0.496 e. The number of nitrogens with zero attached hydrogens (tertiary/aromatic N) is 1. The molecule has 0 aliphatic rings. The van der Waals surface area contributed by atoms with Crippen molar-refractivity contribution in [2.24, 2.45) is 0 Å². The van der Waals surface area contributed by atoms with Gasteiger partial charge >= 0.3 is 0 Å². The summed E-state index contributed by atoms with van der Waals surface area (Å²) >= 11 is 0. The molecule has 1 aromatic carbocycles. The normalized spacial score (nSPS) is 10.4. The quantitative estimate of drug-likeness (QED) is 0.859.